The van der Waals surface area contributed by atoms with Gasteiger partial charge < -0.3 is 5.32 Å². The molecule has 0 bridgehead atoms. The molecule has 2 heteroatoms. The third-order valence-electron chi connectivity index (χ3n) is 1.36. The zero-order valence-electron chi connectivity index (χ0n) is 4.33. The predicted octanol–water partition coefficient (Wildman–Crippen LogP) is 0.645. The molecule has 8 heavy (non-hydrogen) atoms. The smallest absolute Gasteiger partial charge is 0.116 e. The monoisotopic (exact) mass is 106 g/mol. The minimum atomic E-state index is 0.454. The van der Waals surface area contributed by atoms with Crippen LogP contribution in [0.5, 0.6) is 0 Å². The molecule has 2 heterocycles. The molecule has 0 aromatic rings. The number of hydrogen-bond acceptors (Lipinski definition) is 2. The average molecular weight is 106 g/mol. The van der Waals surface area contributed by atoms with Crippen LogP contribution in [0, 0.1) is 5.92 Å². The first kappa shape index (κ1) is 3.89. The van der Waals surface area contributed by atoms with Crippen molar-refractivity contribution in [2.24, 2.45) is 10.9 Å². The lowest BCUT2D eigenvalue weighted by Crippen LogP contribution is -2.14. The van der Waals surface area contributed by atoms with Crippen LogP contribution in [0.15, 0.2) is 29.5 Å². The van der Waals surface area contributed by atoms with Gasteiger partial charge in [-0.25, -0.2) is 4.99 Å². The zero-order chi connectivity index (χ0) is 5.40. The molecule has 0 radical (unpaired) electrons. The Kier molecular flexibility index (Phi) is 0.592. The molecule has 2 rings (SSSR count). The van der Waals surface area contributed by atoms with Crippen LogP contribution in [0.1, 0.15) is 0 Å². The summed E-state index contributed by atoms with van der Waals surface area (Å²) in [4.78, 5) is 4.06. The number of hydrogen-bond donors (Lipinski definition) is 1. The second-order valence-electron chi connectivity index (χ2n) is 1.89. The van der Waals surface area contributed by atoms with E-state index in [1.54, 1.807) is 0 Å². The first-order chi connectivity index (χ1) is 3.97. The average Bonchev–Trinajstić information content (AvgIpc) is 2.15. The number of nitrogens with one attached hydrogen (secondary N) is 1. The Labute approximate surface area is 47.6 Å². The summed E-state index contributed by atoms with van der Waals surface area (Å²) in [5, 5.41) is 3.03. The van der Waals surface area contributed by atoms with Crippen LogP contribution < -0.4 is 5.32 Å². The lowest BCUT2D eigenvalue weighted by atomic mass is 10.2. The predicted molar refractivity (Wildman–Crippen MR) is 32.3 cm³/mol. The van der Waals surface area contributed by atoms with Crippen LogP contribution in [-0.4, -0.2) is 5.84 Å². The van der Waals surface area contributed by atoms with Crippen molar-refractivity contribution < 1.29 is 0 Å². The molecule has 2 aliphatic heterocycles. The molecule has 0 aromatic heterocycles. The highest BCUT2D eigenvalue weighted by Gasteiger charge is 2.15. The van der Waals surface area contributed by atoms with E-state index in [2.05, 4.69) is 22.5 Å². The first-order valence-corrected chi connectivity index (χ1v) is 2.64. The fourth-order valence-electron chi connectivity index (χ4n) is 0.919. The van der Waals surface area contributed by atoms with Gasteiger partial charge in [-0.1, -0.05) is 12.2 Å². The van der Waals surface area contributed by atoms with Gasteiger partial charge in [-0.05, 0) is 6.20 Å². The quantitative estimate of drug-likeness (QED) is 0.481. The largest absolute Gasteiger partial charge is 0.350 e. The van der Waals surface area contributed by atoms with Crippen molar-refractivity contribution in [1.29, 1.82) is 0 Å². The van der Waals surface area contributed by atoms with E-state index in [9.17, 15) is 0 Å². The normalized spacial score (nSPS) is 30.0. The van der Waals surface area contributed by atoms with Crippen molar-refractivity contribution in [2.75, 3.05) is 0 Å². The summed E-state index contributed by atoms with van der Waals surface area (Å²) < 4.78 is 0. The molecule has 0 amide bonds. The molecule has 0 aliphatic carbocycles. The molecular formula is C6H6N2. The molecule has 1 N–H and O–H groups in total. The van der Waals surface area contributed by atoms with Crippen molar-refractivity contribution in [1.82, 2.24) is 5.32 Å². The molecule has 2 aliphatic rings. The highest BCUT2D eigenvalue weighted by atomic mass is 15.0. The van der Waals surface area contributed by atoms with E-state index in [-0.39, 0.29) is 0 Å². The Morgan fingerprint density at radius 1 is 1.50 bits per heavy atom. The second kappa shape index (κ2) is 1.22. The first-order valence-electron chi connectivity index (χ1n) is 2.64. The fraction of sp³-hybridized carbons (Fsp3) is 0.167. The van der Waals surface area contributed by atoms with Crippen molar-refractivity contribution in [3.63, 3.8) is 0 Å². The Morgan fingerprint density at radius 2 is 2.50 bits per heavy atom. The van der Waals surface area contributed by atoms with Gasteiger partial charge in [-0.15, -0.1) is 0 Å². The van der Waals surface area contributed by atoms with E-state index in [0.29, 0.717) is 5.92 Å². The van der Waals surface area contributed by atoms with E-state index >= 15 is 0 Å². The molecule has 40 valence electrons. The molecular weight excluding hydrogens is 100 g/mol. The maximum absolute atomic E-state index is 4.06. The summed E-state index contributed by atoms with van der Waals surface area (Å²) in [6, 6.07) is 0. The molecule has 0 spiro atoms. The van der Waals surface area contributed by atoms with E-state index in [4.69, 9.17) is 0 Å². The molecule has 0 aromatic carbocycles. The summed E-state index contributed by atoms with van der Waals surface area (Å²) in [7, 11) is 0. The van der Waals surface area contributed by atoms with Gasteiger partial charge in [-0.3, -0.25) is 0 Å². The van der Waals surface area contributed by atoms with Crippen LogP contribution in [-0.2, 0) is 0 Å². The van der Waals surface area contributed by atoms with Gasteiger partial charge in [0.1, 0.15) is 5.84 Å². The molecule has 1 atom stereocenters. The zero-order valence-corrected chi connectivity index (χ0v) is 4.33. The third-order valence-corrected chi connectivity index (χ3v) is 1.36. The van der Waals surface area contributed by atoms with E-state index < -0.39 is 0 Å². The van der Waals surface area contributed by atoms with Gasteiger partial charge in [0.05, 0.1) is 5.92 Å². The Morgan fingerprint density at radius 3 is 3.38 bits per heavy atom. The highest BCUT2D eigenvalue weighted by molar-refractivity contribution is 5.92. The SMILES string of the molecule is C1=CC2C=CNC2=N1. The van der Waals surface area contributed by atoms with Gasteiger partial charge in [-0.2, -0.15) is 0 Å². The van der Waals surface area contributed by atoms with Crippen molar-refractivity contribution in [2.45, 2.75) is 0 Å². The third kappa shape index (κ3) is 0.346. The standard InChI is InChI=1S/C6H6N2/c1-3-7-6-5(1)2-4-8-6/h1-5H,(H,7,8). The van der Waals surface area contributed by atoms with Gasteiger partial charge in [0.25, 0.3) is 0 Å². The summed E-state index contributed by atoms with van der Waals surface area (Å²) in [5.41, 5.74) is 0. The fourth-order valence-corrected chi connectivity index (χ4v) is 0.919. The van der Waals surface area contributed by atoms with Crippen molar-refractivity contribution in [3.05, 3.63) is 24.6 Å². The van der Waals surface area contributed by atoms with Crippen molar-refractivity contribution >= 4 is 5.84 Å². The molecule has 0 fully saturated rings. The molecule has 1 unspecified atom stereocenters. The van der Waals surface area contributed by atoms with E-state index in [1.165, 1.54) is 0 Å². The second-order valence-corrected chi connectivity index (χ2v) is 1.89. The summed E-state index contributed by atoms with van der Waals surface area (Å²) in [6.07, 6.45) is 7.90. The summed E-state index contributed by atoms with van der Waals surface area (Å²) >= 11 is 0. The number of fused-ring (bicyclic) bond motifs is 1. The van der Waals surface area contributed by atoms with Crippen molar-refractivity contribution in [3.8, 4) is 0 Å². The van der Waals surface area contributed by atoms with Crippen LogP contribution >= 0.6 is 0 Å². The number of aliphatic imine (C=N–C) groups is 1. The summed E-state index contributed by atoms with van der Waals surface area (Å²) in [5.74, 6) is 1.51. The van der Waals surface area contributed by atoms with Gasteiger partial charge >= 0.3 is 0 Å². The molecule has 0 saturated heterocycles. The van der Waals surface area contributed by atoms with Gasteiger partial charge in [0.2, 0.25) is 0 Å². The Bertz CT molecular complexity index is 189. The number of rotatable bonds is 0. The molecule has 2 nitrogen and oxygen atoms in total. The van der Waals surface area contributed by atoms with Crippen LogP contribution in [0.25, 0.3) is 0 Å². The minimum Gasteiger partial charge on any atom is -0.350 e. The number of amidine groups is 1. The number of nitrogens with zero attached hydrogens (tertiary/aromatic N) is 1. The van der Waals surface area contributed by atoms with Crippen LogP contribution in [0.2, 0.25) is 0 Å². The minimum absolute atomic E-state index is 0.454. The lowest BCUT2D eigenvalue weighted by molar-refractivity contribution is 1.16. The topological polar surface area (TPSA) is 24.4 Å². The van der Waals surface area contributed by atoms with E-state index in [0.717, 1.165) is 5.84 Å². The maximum atomic E-state index is 4.06. The maximum Gasteiger partial charge on any atom is 0.116 e. The lowest BCUT2D eigenvalue weighted by Gasteiger charge is -1.94. The Hall–Kier alpha value is -1.05. The summed E-state index contributed by atoms with van der Waals surface area (Å²) in [6.45, 7) is 0. The molecule has 0 saturated carbocycles. The van der Waals surface area contributed by atoms with Gasteiger partial charge in [0.15, 0.2) is 0 Å². The van der Waals surface area contributed by atoms with Crippen LogP contribution in [0.4, 0.5) is 0 Å². The van der Waals surface area contributed by atoms with Crippen LogP contribution in [0.3, 0.4) is 0 Å². The van der Waals surface area contributed by atoms with E-state index in [1.807, 2.05) is 12.4 Å². The highest BCUT2D eigenvalue weighted by Crippen LogP contribution is 2.13. The van der Waals surface area contributed by atoms with Gasteiger partial charge in [0, 0.05) is 6.20 Å². The Balaban J connectivity index is 2.39.